The topological polar surface area (TPSA) is 62.7 Å². The van der Waals surface area contributed by atoms with Crippen LogP contribution in [0.2, 0.25) is 0 Å². The second kappa shape index (κ2) is 5.42. The van der Waals surface area contributed by atoms with Gasteiger partial charge < -0.3 is 10.6 Å². The zero-order valence-electron chi connectivity index (χ0n) is 9.44. The van der Waals surface area contributed by atoms with Gasteiger partial charge in [0.05, 0.1) is 10.5 Å². The van der Waals surface area contributed by atoms with E-state index < -0.39 is 0 Å². The zero-order valence-corrected chi connectivity index (χ0v) is 11.8. The highest BCUT2D eigenvalue weighted by Crippen LogP contribution is 2.25. The van der Waals surface area contributed by atoms with Crippen molar-refractivity contribution in [3.63, 3.8) is 0 Å². The van der Waals surface area contributed by atoms with E-state index in [0.717, 1.165) is 15.3 Å². The summed E-state index contributed by atoms with van der Waals surface area (Å²) in [6.07, 6.45) is 3.52. The summed E-state index contributed by atoms with van der Waals surface area (Å²) in [6, 6.07) is 0.117. The fourth-order valence-electron chi connectivity index (χ4n) is 1.30. The number of hydrogen-bond acceptors (Lipinski definition) is 6. The second-order valence-corrected chi connectivity index (χ2v) is 5.16. The number of nitrogens with zero attached hydrogens (tertiary/aromatic N) is 3. The Bertz CT molecular complexity index is 487. The Morgan fingerprint density at radius 3 is 2.88 bits per heavy atom. The van der Waals surface area contributed by atoms with Crippen LogP contribution in [0.4, 0.5) is 11.8 Å². The Morgan fingerprint density at radius 1 is 1.41 bits per heavy atom. The summed E-state index contributed by atoms with van der Waals surface area (Å²) in [5, 5.41) is 9.19. The van der Waals surface area contributed by atoms with Crippen molar-refractivity contribution in [3.8, 4) is 0 Å². The first kappa shape index (κ1) is 12.3. The average molecular weight is 314 g/mol. The van der Waals surface area contributed by atoms with Crippen molar-refractivity contribution in [1.29, 1.82) is 0 Å². The third-order valence-corrected chi connectivity index (χ3v) is 3.68. The maximum Gasteiger partial charge on any atom is 0.224 e. The zero-order chi connectivity index (χ0) is 12.3. The molecule has 0 aliphatic carbocycles. The monoisotopic (exact) mass is 313 g/mol. The Labute approximate surface area is 112 Å². The van der Waals surface area contributed by atoms with Crippen LogP contribution in [0, 0.1) is 0 Å². The molecule has 0 saturated heterocycles. The van der Waals surface area contributed by atoms with E-state index in [2.05, 4.69) is 41.5 Å². The van der Waals surface area contributed by atoms with Gasteiger partial charge in [0, 0.05) is 24.8 Å². The van der Waals surface area contributed by atoms with Crippen molar-refractivity contribution in [2.75, 3.05) is 17.7 Å². The van der Waals surface area contributed by atoms with Gasteiger partial charge in [-0.05, 0) is 22.9 Å². The van der Waals surface area contributed by atoms with Gasteiger partial charge in [0.15, 0.2) is 0 Å². The molecule has 2 heterocycles. The summed E-state index contributed by atoms with van der Waals surface area (Å²) in [7, 11) is 1.79. The smallest absolute Gasteiger partial charge is 0.224 e. The Balaban J connectivity index is 2.18. The summed E-state index contributed by atoms with van der Waals surface area (Å²) in [5.41, 5.74) is 0. The first-order chi connectivity index (χ1) is 8.20. The highest BCUT2D eigenvalue weighted by molar-refractivity contribution is 9.10. The van der Waals surface area contributed by atoms with Crippen molar-refractivity contribution < 1.29 is 0 Å². The molecule has 17 heavy (non-hydrogen) atoms. The summed E-state index contributed by atoms with van der Waals surface area (Å²) in [5.74, 6) is 1.34. The first-order valence-corrected chi connectivity index (χ1v) is 6.74. The molecular formula is C10H12BrN5S. The van der Waals surface area contributed by atoms with Crippen molar-refractivity contribution in [3.05, 3.63) is 27.3 Å². The van der Waals surface area contributed by atoms with Gasteiger partial charge in [0.2, 0.25) is 5.95 Å². The highest BCUT2D eigenvalue weighted by Gasteiger charge is 2.11. The van der Waals surface area contributed by atoms with E-state index in [1.807, 2.05) is 12.3 Å². The van der Waals surface area contributed by atoms with Gasteiger partial charge in [0.1, 0.15) is 10.8 Å². The van der Waals surface area contributed by atoms with Crippen molar-refractivity contribution in [2.24, 2.45) is 0 Å². The lowest BCUT2D eigenvalue weighted by atomic mass is 10.3. The van der Waals surface area contributed by atoms with Crippen LogP contribution in [0.3, 0.4) is 0 Å². The summed E-state index contributed by atoms with van der Waals surface area (Å²) < 4.78 is 0.833. The standard InChI is InChI=1S/C10H12BrN5S/c1-6(9-13-3-4-17-9)15-8-7(11)5-14-10(12-2)16-8/h3-6H,1-2H3,(H2,12,14,15,16). The van der Waals surface area contributed by atoms with Gasteiger partial charge in [0.25, 0.3) is 0 Å². The molecule has 0 radical (unpaired) electrons. The number of hydrogen-bond donors (Lipinski definition) is 2. The molecule has 0 aromatic carbocycles. The van der Waals surface area contributed by atoms with Gasteiger partial charge in [-0.15, -0.1) is 11.3 Å². The van der Waals surface area contributed by atoms with Crippen LogP contribution < -0.4 is 10.6 Å². The lowest BCUT2D eigenvalue weighted by Gasteiger charge is -2.13. The third-order valence-electron chi connectivity index (χ3n) is 2.14. The predicted octanol–water partition coefficient (Wildman–Crippen LogP) is 2.91. The number of anilines is 2. The van der Waals surface area contributed by atoms with Crippen LogP contribution in [0.1, 0.15) is 18.0 Å². The van der Waals surface area contributed by atoms with E-state index in [1.165, 1.54) is 0 Å². The molecule has 2 N–H and O–H groups in total. The Morgan fingerprint density at radius 2 is 2.24 bits per heavy atom. The van der Waals surface area contributed by atoms with Crippen LogP contribution in [0.25, 0.3) is 0 Å². The van der Waals surface area contributed by atoms with Gasteiger partial charge in [-0.25, -0.2) is 9.97 Å². The lowest BCUT2D eigenvalue weighted by molar-refractivity contribution is 0.857. The molecule has 0 bridgehead atoms. The summed E-state index contributed by atoms with van der Waals surface area (Å²) in [4.78, 5) is 12.7. The van der Waals surface area contributed by atoms with E-state index in [1.54, 1.807) is 30.8 Å². The normalized spacial score (nSPS) is 12.2. The summed E-state index contributed by atoms with van der Waals surface area (Å²) >= 11 is 5.04. The van der Waals surface area contributed by atoms with E-state index >= 15 is 0 Å². The van der Waals surface area contributed by atoms with Gasteiger partial charge in [-0.2, -0.15) is 4.98 Å². The fraction of sp³-hybridized carbons (Fsp3) is 0.300. The van der Waals surface area contributed by atoms with E-state index in [4.69, 9.17) is 0 Å². The van der Waals surface area contributed by atoms with Crippen LogP contribution >= 0.6 is 27.3 Å². The molecular weight excluding hydrogens is 302 g/mol. The number of aromatic nitrogens is 3. The van der Waals surface area contributed by atoms with Crippen molar-refractivity contribution >= 4 is 39.0 Å². The number of thiazole rings is 1. The van der Waals surface area contributed by atoms with Crippen LogP contribution in [-0.4, -0.2) is 22.0 Å². The molecule has 5 nitrogen and oxygen atoms in total. The lowest BCUT2D eigenvalue weighted by Crippen LogP contribution is -2.09. The minimum Gasteiger partial charge on any atom is -0.360 e. The maximum atomic E-state index is 4.34. The molecule has 0 amide bonds. The molecule has 0 aliphatic rings. The second-order valence-electron chi connectivity index (χ2n) is 3.38. The molecule has 7 heteroatoms. The molecule has 2 aromatic rings. The van der Waals surface area contributed by atoms with E-state index in [0.29, 0.717) is 5.95 Å². The van der Waals surface area contributed by atoms with E-state index in [9.17, 15) is 0 Å². The Kier molecular flexibility index (Phi) is 3.90. The van der Waals surface area contributed by atoms with Crippen LogP contribution in [0.5, 0.6) is 0 Å². The molecule has 0 saturated carbocycles. The quantitative estimate of drug-likeness (QED) is 0.908. The van der Waals surface area contributed by atoms with Gasteiger partial charge >= 0.3 is 0 Å². The van der Waals surface area contributed by atoms with Crippen molar-refractivity contribution in [1.82, 2.24) is 15.0 Å². The molecule has 1 atom stereocenters. The molecule has 0 spiro atoms. The van der Waals surface area contributed by atoms with Gasteiger partial charge in [-0.1, -0.05) is 0 Å². The molecule has 0 fully saturated rings. The average Bonchev–Trinajstić information content (AvgIpc) is 2.85. The van der Waals surface area contributed by atoms with E-state index in [-0.39, 0.29) is 6.04 Å². The molecule has 90 valence electrons. The highest BCUT2D eigenvalue weighted by atomic mass is 79.9. The Hall–Kier alpha value is -1.21. The number of rotatable bonds is 4. The predicted molar refractivity (Wildman–Crippen MR) is 73.4 cm³/mol. The van der Waals surface area contributed by atoms with Gasteiger partial charge in [-0.3, -0.25) is 0 Å². The molecule has 2 aromatic heterocycles. The maximum absolute atomic E-state index is 4.34. The van der Waals surface area contributed by atoms with Crippen molar-refractivity contribution in [2.45, 2.75) is 13.0 Å². The largest absolute Gasteiger partial charge is 0.360 e. The van der Waals surface area contributed by atoms with Crippen LogP contribution in [0.15, 0.2) is 22.2 Å². The minimum absolute atomic E-state index is 0.117. The fourth-order valence-corrected chi connectivity index (χ4v) is 2.26. The third kappa shape index (κ3) is 2.92. The summed E-state index contributed by atoms with van der Waals surface area (Å²) in [6.45, 7) is 2.05. The number of nitrogens with one attached hydrogen (secondary N) is 2. The molecule has 2 rings (SSSR count). The molecule has 1 unspecified atom stereocenters. The minimum atomic E-state index is 0.117. The number of halogens is 1. The SMILES string of the molecule is CNc1ncc(Br)c(NC(C)c2nccs2)n1. The first-order valence-electron chi connectivity index (χ1n) is 5.07. The molecule has 0 aliphatic heterocycles. The van der Waals surface area contributed by atoms with Crippen LogP contribution in [-0.2, 0) is 0 Å².